The van der Waals surface area contributed by atoms with E-state index < -0.39 is 0 Å². The van der Waals surface area contributed by atoms with Crippen molar-refractivity contribution in [2.24, 2.45) is 18.9 Å². The number of rotatable bonds is 6. The van der Waals surface area contributed by atoms with Crippen LogP contribution in [0.15, 0.2) is 30.5 Å². The lowest BCUT2D eigenvalue weighted by atomic mass is 9.82. The molecule has 3 heterocycles. The summed E-state index contributed by atoms with van der Waals surface area (Å²) in [6.07, 6.45) is 9.20. The number of hydrogen-bond donors (Lipinski definition) is 2. The lowest BCUT2D eigenvalue weighted by Crippen LogP contribution is -2.30. The average molecular weight is 463 g/mol. The highest BCUT2D eigenvalue weighted by atomic mass is 16.3. The van der Waals surface area contributed by atoms with E-state index in [1.807, 2.05) is 30.1 Å². The first-order valence-corrected chi connectivity index (χ1v) is 12.5. The molecule has 1 amide bonds. The zero-order valence-electron chi connectivity index (χ0n) is 19.9. The Kier molecular flexibility index (Phi) is 6.87. The van der Waals surface area contributed by atoms with Crippen LogP contribution in [0.3, 0.4) is 0 Å². The molecule has 8 nitrogen and oxygen atoms in total. The maximum atomic E-state index is 12.8. The predicted octanol–water partition coefficient (Wildman–Crippen LogP) is 3.75. The summed E-state index contributed by atoms with van der Waals surface area (Å²) < 4.78 is 1.98. The molecule has 180 valence electrons. The smallest absolute Gasteiger partial charge is 0.228 e. The molecule has 0 spiro atoms. The van der Waals surface area contributed by atoms with E-state index in [4.69, 9.17) is 0 Å². The SMILES string of the molecule is Cn1ncc(-c2ccc3nnc(NC(=O)[C@H]4CC[C@H](CO)CC4)cc3c2)c1CN1CCCCC1. The van der Waals surface area contributed by atoms with Crippen molar-refractivity contribution in [3.05, 3.63) is 36.2 Å². The predicted molar refractivity (Wildman–Crippen MR) is 132 cm³/mol. The van der Waals surface area contributed by atoms with Gasteiger partial charge in [0.05, 0.1) is 17.4 Å². The summed E-state index contributed by atoms with van der Waals surface area (Å²) in [5.41, 5.74) is 4.25. The number of carbonyl (C=O) groups is 1. The number of anilines is 1. The number of hydrogen-bond acceptors (Lipinski definition) is 6. The van der Waals surface area contributed by atoms with E-state index in [9.17, 15) is 9.90 Å². The first kappa shape index (κ1) is 22.9. The molecule has 0 atom stereocenters. The Morgan fingerprint density at radius 2 is 1.88 bits per heavy atom. The largest absolute Gasteiger partial charge is 0.396 e. The topological polar surface area (TPSA) is 96.2 Å². The highest BCUT2D eigenvalue weighted by molar-refractivity contribution is 5.94. The van der Waals surface area contributed by atoms with Gasteiger partial charge in [-0.3, -0.25) is 14.4 Å². The molecular weight excluding hydrogens is 428 g/mol. The third kappa shape index (κ3) is 4.98. The van der Waals surface area contributed by atoms with Crippen LogP contribution in [0.25, 0.3) is 22.0 Å². The van der Waals surface area contributed by atoms with Gasteiger partial charge in [-0.1, -0.05) is 12.5 Å². The lowest BCUT2D eigenvalue weighted by Gasteiger charge is -2.26. The van der Waals surface area contributed by atoms with E-state index in [-0.39, 0.29) is 18.4 Å². The van der Waals surface area contributed by atoms with Crippen LogP contribution in [0, 0.1) is 11.8 Å². The number of nitrogens with zero attached hydrogens (tertiary/aromatic N) is 5. The van der Waals surface area contributed by atoms with Crippen molar-refractivity contribution in [2.75, 3.05) is 25.0 Å². The third-order valence-corrected chi connectivity index (χ3v) is 7.51. The molecule has 1 saturated carbocycles. The van der Waals surface area contributed by atoms with Gasteiger partial charge < -0.3 is 10.4 Å². The number of piperidine rings is 1. The minimum absolute atomic E-state index is 0.00253. The van der Waals surface area contributed by atoms with Gasteiger partial charge in [0, 0.05) is 37.1 Å². The Labute approximate surface area is 200 Å². The average Bonchev–Trinajstić information content (AvgIpc) is 3.24. The maximum Gasteiger partial charge on any atom is 0.228 e. The summed E-state index contributed by atoms with van der Waals surface area (Å²) in [5, 5.41) is 26.4. The summed E-state index contributed by atoms with van der Waals surface area (Å²) in [6.45, 7) is 3.40. The van der Waals surface area contributed by atoms with Gasteiger partial charge in [0.25, 0.3) is 0 Å². The van der Waals surface area contributed by atoms with Crippen molar-refractivity contribution < 1.29 is 9.90 Å². The number of nitrogens with one attached hydrogen (secondary N) is 1. The third-order valence-electron chi connectivity index (χ3n) is 7.51. The zero-order chi connectivity index (χ0) is 23.5. The number of aryl methyl sites for hydroxylation is 1. The number of benzene rings is 1. The Balaban J connectivity index is 1.34. The summed E-state index contributed by atoms with van der Waals surface area (Å²) in [7, 11) is 2.01. The molecule has 8 heteroatoms. The van der Waals surface area contributed by atoms with Gasteiger partial charge in [0.15, 0.2) is 5.82 Å². The quantitative estimate of drug-likeness (QED) is 0.579. The second kappa shape index (κ2) is 10.2. The maximum absolute atomic E-state index is 12.8. The number of aliphatic hydroxyl groups is 1. The van der Waals surface area contributed by atoms with Gasteiger partial charge in [0.1, 0.15) is 0 Å². The second-order valence-electron chi connectivity index (χ2n) is 9.86. The molecule has 2 fully saturated rings. The van der Waals surface area contributed by atoms with Crippen LogP contribution in [0.4, 0.5) is 5.82 Å². The van der Waals surface area contributed by atoms with Crippen molar-refractivity contribution >= 4 is 22.6 Å². The summed E-state index contributed by atoms with van der Waals surface area (Å²) >= 11 is 0. The van der Waals surface area contributed by atoms with Crippen LogP contribution in [0.1, 0.15) is 50.6 Å². The number of fused-ring (bicyclic) bond motifs is 1. The fourth-order valence-corrected chi connectivity index (χ4v) is 5.33. The number of likely N-dealkylation sites (tertiary alicyclic amines) is 1. The van der Waals surface area contributed by atoms with Crippen LogP contribution >= 0.6 is 0 Å². The van der Waals surface area contributed by atoms with Gasteiger partial charge in [-0.05, 0) is 81.3 Å². The van der Waals surface area contributed by atoms with Crippen molar-refractivity contribution in [3.8, 4) is 11.1 Å². The Hall–Kier alpha value is -2.84. The molecule has 5 rings (SSSR count). The van der Waals surface area contributed by atoms with E-state index in [0.717, 1.165) is 67.3 Å². The van der Waals surface area contributed by atoms with Gasteiger partial charge in [0.2, 0.25) is 5.91 Å². The molecule has 1 aliphatic heterocycles. The van der Waals surface area contributed by atoms with E-state index in [1.54, 1.807) is 0 Å². The molecule has 1 aliphatic carbocycles. The van der Waals surface area contributed by atoms with Crippen LogP contribution in [-0.2, 0) is 18.4 Å². The van der Waals surface area contributed by atoms with Crippen molar-refractivity contribution in [3.63, 3.8) is 0 Å². The molecule has 2 aromatic heterocycles. The summed E-state index contributed by atoms with van der Waals surface area (Å²) in [4.78, 5) is 15.3. The fourth-order valence-electron chi connectivity index (χ4n) is 5.33. The Morgan fingerprint density at radius 3 is 2.65 bits per heavy atom. The standard InChI is InChI=1S/C26H34N6O2/c1-31-24(16-32-11-3-2-4-12-32)22(15-27-31)20-9-10-23-21(13-20)14-25(30-29-23)28-26(34)19-7-5-18(17-33)6-8-19/h9-10,13-15,18-19,33H,2-8,11-12,16-17H2,1H3,(H,28,30,34)/t18-,19-. The van der Waals surface area contributed by atoms with E-state index >= 15 is 0 Å². The minimum atomic E-state index is -0.0284. The molecule has 0 bridgehead atoms. The van der Waals surface area contributed by atoms with Gasteiger partial charge in [-0.25, -0.2) is 0 Å². The number of aliphatic hydroxyl groups excluding tert-OH is 1. The minimum Gasteiger partial charge on any atom is -0.396 e. The first-order chi connectivity index (χ1) is 16.6. The molecule has 3 aromatic rings. The number of amides is 1. The van der Waals surface area contributed by atoms with Gasteiger partial charge >= 0.3 is 0 Å². The molecule has 2 N–H and O–H groups in total. The Morgan fingerprint density at radius 1 is 1.09 bits per heavy atom. The fraction of sp³-hybridized carbons (Fsp3) is 0.538. The number of aromatic nitrogens is 4. The van der Waals surface area contributed by atoms with Gasteiger partial charge in [-0.2, -0.15) is 5.10 Å². The molecule has 0 unspecified atom stereocenters. The zero-order valence-corrected chi connectivity index (χ0v) is 19.9. The molecule has 1 saturated heterocycles. The van der Waals surface area contributed by atoms with E-state index in [1.165, 1.54) is 25.0 Å². The molecule has 34 heavy (non-hydrogen) atoms. The van der Waals surface area contributed by atoms with Gasteiger partial charge in [-0.15, -0.1) is 10.2 Å². The van der Waals surface area contributed by atoms with Crippen molar-refractivity contribution in [1.82, 2.24) is 24.9 Å². The highest BCUT2D eigenvalue weighted by Gasteiger charge is 2.26. The van der Waals surface area contributed by atoms with E-state index in [0.29, 0.717) is 11.7 Å². The summed E-state index contributed by atoms with van der Waals surface area (Å²) in [5.74, 6) is 0.783. The molecule has 0 radical (unpaired) electrons. The van der Waals surface area contributed by atoms with Crippen molar-refractivity contribution in [2.45, 2.75) is 51.5 Å². The normalized spacial score (nSPS) is 21.6. The first-order valence-electron chi connectivity index (χ1n) is 12.5. The second-order valence-corrected chi connectivity index (χ2v) is 9.86. The summed E-state index contributed by atoms with van der Waals surface area (Å²) in [6, 6.07) is 8.08. The lowest BCUT2D eigenvalue weighted by molar-refractivity contribution is -0.121. The van der Waals surface area contributed by atoms with Crippen LogP contribution < -0.4 is 5.32 Å². The molecule has 1 aromatic carbocycles. The molecular formula is C26H34N6O2. The van der Waals surface area contributed by atoms with Crippen molar-refractivity contribution in [1.29, 1.82) is 0 Å². The highest BCUT2D eigenvalue weighted by Crippen LogP contribution is 2.31. The monoisotopic (exact) mass is 462 g/mol. The number of carbonyl (C=O) groups excluding carboxylic acids is 1. The molecule has 2 aliphatic rings. The van der Waals surface area contributed by atoms with Crippen LogP contribution in [0.2, 0.25) is 0 Å². The van der Waals surface area contributed by atoms with E-state index in [2.05, 4.69) is 37.6 Å². The van der Waals surface area contributed by atoms with Crippen LogP contribution in [-0.4, -0.2) is 55.6 Å². The van der Waals surface area contributed by atoms with Crippen LogP contribution in [0.5, 0.6) is 0 Å². The Bertz CT molecular complexity index is 1150.